The van der Waals surface area contributed by atoms with Crippen molar-refractivity contribution in [1.29, 1.82) is 0 Å². The van der Waals surface area contributed by atoms with Crippen LogP contribution in [0.2, 0.25) is 0 Å². The predicted octanol–water partition coefficient (Wildman–Crippen LogP) is 3.16. The molecule has 0 fully saturated rings. The van der Waals surface area contributed by atoms with Crippen molar-refractivity contribution in [3.63, 3.8) is 0 Å². The highest BCUT2D eigenvalue weighted by Crippen LogP contribution is 2.23. The number of carboxylic acid groups (broad SMARTS) is 1. The van der Waals surface area contributed by atoms with Crippen molar-refractivity contribution < 1.29 is 14.8 Å². The molecule has 9 heteroatoms. The number of carboxylic acids is 1. The van der Waals surface area contributed by atoms with E-state index >= 15 is 0 Å². The zero-order valence-corrected chi connectivity index (χ0v) is 14.7. The van der Waals surface area contributed by atoms with Crippen LogP contribution in [0.15, 0.2) is 60.7 Å². The molecule has 3 rings (SSSR count). The van der Waals surface area contributed by atoms with Crippen molar-refractivity contribution in [1.82, 2.24) is 9.97 Å². The van der Waals surface area contributed by atoms with E-state index in [2.05, 4.69) is 20.6 Å². The van der Waals surface area contributed by atoms with Gasteiger partial charge in [-0.2, -0.15) is 4.98 Å². The van der Waals surface area contributed by atoms with Crippen LogP contribution in [0.5, 0.6) is 0 Å². The number of hydrogen-bond donors (Lipinski definition) is 3. The van der Waals surface area contributed by atoms with Crippen LogP contribution in [0, 0.1) is 10.1 Å². The number of nitro benzene ring substituents is 1. The number of carbonyl (C=O) groups is 1. The zero-order valence-electron chi connectivity index (χ0n) is 14.7. The molecule has 0 aliphatic rings. The Balaban J connectivity index is 1.88. The third kappa shape index (κ3) is 4.79. The van der Waals surface area contributed by atoms with Crippen LogP contribution in [0.4, 0.5) is 17.5 Å². The Kier molecular flexibility index (Phi) is 5.75. The molecule has 142 valence electrons. The van der Waals surface area contributed by atoms with Crippen molar-refractivity contribution >= 4 is 23.4 Å². The molecule has 0 aliphatic carbocycles. The fourth-order valence-corrected chi connectivity index (χ4v) is 2.55. The Hall–Kier alpha value is -4.01. The Morgan fingerprint density at radius 1 is 1.04 bits per heavy atom. The smallest absolute Gasteiger partial charge is 0.322 e. The molecule has 28 heavy (non-hydrogen) atoms. The molecule has 0 amide bonds. The van der Waals surface area contributed by atoms with Crippen molar-refractivity contribution in [3.8, 4) is 11.3 Å². The minimum atomic E-state index is -1.04. The standard InChI is InChI=1S/C19H17N5O4/c25-18(26)12-21-19-22-15(13-6-2-1-3-7-13)10-17(23-19)20-11-14-8-4-5-9-16(14)24(27)28/h1-10H,11-12H2,(H,25,26)(H2,20,21,22,23). The summed E-state index contributed by atoms with van der Waals surface area (Å²) in [6.07, 6.45) is 0. The highest BCUT2D eigenvalue weighted by molar-refractivity contribution is 5.72. The average Bonchev–Trinajstić information content (AvgIpc) is 2.71. The Morgan fingerprint density at radius 2 is 1.75 bits per heavy atom. The van der Waals surface area contributed by atoms with E-state index in [1.807, 2.05) is 30.3 Å². The molecule has 0 bridgehead atoms. The number of nitro groups is 1. The van der Waals surface area contributed by atoms with E-state index in [1.165, 1.54) is 6.07 Å². The predicted molar refractivity (Wildman–Crippen MR) is 104 cm³/mol. The quantitative estimate of drug-likeness (QED) is 0.402. The fourth-order valence-electron chi connectivity index (χ4n) is 2.55. The van der Waals surface area contributed by atoms with E-state index in [1.54, 1.807) is 24.3 Å². The maximum absolute atomic E-state index is 11.2. The molecule has 1 heterocycles. The molecular formula is C19H17N5O4. The van der Waals surface area contributed by atoms with Gasteiger partial charge in [-0.05, 0) is 0 Å². The maximum Gasteiger partial charge on any atom is 0.322 e. The number of nitrogens with zero attached hydrogens (tertiary/aromatic N) is 3. The van der Waals surface area contributed by atoms with Crippen molar-refractivity contribution in [2.75, 3.05) is 17.2 Å². The molecule has 3 aromatic rings. The number of rotatable bonds is 8. The number of para-hydroxylation sites is 1. The molecule has 0 saturated carbocycles. The van der Waals surface area contributed by atoms with Gasteiger partial charge in [0.15, 0.2) is 0 Å². The average molecular weight is 379 g/mol. The summed E-state index contributed by atoms with van der Waals surface area (Å²) in [4.78, 5) is 30.1. The molecule has 9 nitrogen and oxygen atoms in total. The first-order valence-corrected chi connectivity index (χ1v) is 8.39. The number of hydrogen-bond acceptors (Lipinski definition) is 7. The van der Waals surface area contributed by atoms with Crippen molar-refractivity contribution in [2.45, 2.75) is 6.54 Å². The number of nitrogens with one attached hydrogen (secondary N) is 2. The summed E-state index contributed by atoms with van der Waals surface area (Å²) in [6.45, 7) is -0.150. The van der Waals surface area contributed by atoms with Gasteiger partial charge in [-0.15, -0.1) is 0 Å². The lowest BCUT2D eigenvalue weighted by molar-refractivity contribution is -0.385. The van der Waals surface area contributed by atoms with Gasteiger partial charge < -0.3 is 15.7 Å². The van der Waals surface area contributed by atoms with Crippen LogP contribution in [0.1, 0.15) is 5.56 Å². The normalized spacial score (nSPS) is 10.3. The van der Waals surface area contributed by atoms with Crippen LogP contribution in [-0.2, 0) is 11.3 Å². The summed E-state index contributed by atoms with van der Waals surface area (Å²) in [5.74, 6) is -0.475. The SMILES string of the molecule is O=C(O)CNc1nc(NCc2ccccc2[N+](=O)[O-])cc(-c2ccccc2)n1. The van der Waals surface area contributed by atoms with Gasteiger partial charge >= 0.3 is 5.97 Å². The first-order valence-electron chi connectivity index (χ1n) is 8.39. The molecule has 3 N–H and O–H groups in total. The van der Waals surface area contributed by atoms with Crippen LogP contribution < -0.4 is 10.6 Å². The molecule has 0 atom stereocenters. The Labute approximate surface area is 160 Å². The number of aromatic nitrogens is 2. The lowest BCUT2D eigenvalue weighted by Gasteiger charge is -2.11. The molecule has 0 spiro atoms. The van der Waals surface area contributed by atoms with Crippen molar-refractivity contribution in [2.24, 2.45) is 0 Å². The second kappa shape index (κ2) is 8.58. The second-order valence-corrected chi connectivity index (χ2v) is 5.81. The largest absolute Gasteiger partial charge is 0.480 e. The summed E-state index contributed by atoms with van der Waals surface area (Å²) in [5, 5.41) is 25.7. The van der Waals surface area contributed by atoms with Crippen molar-refractivity contribution in [3.05, 3.63) is 76.3 Å². The van der Waals surface area contributed by atoms with Gasteiger partial charge in [0.1, 0.15) is 12.4 Å². The second-order valence-electron chi connectivity index (χ2n) is 5.81. The summed E-state index contributed by atoms with van der Waals surface area (Å²) in [5.41, 5.74) is 1.94. The third-order valence-corrected chi connectivity index (χ3v) is 3.84. The summed E-state index contributed by atoms with van der Waals surface area (Å²) >= 11 is 0. The van der Waals surface area contributed by atoms with Gasteiger partial charge in [0.2, 0.25) is 5.95 Å². The molecule has 0 radical (unpaired) electrons. The summed E-state index contributed by atoms with van der Waals surface area (Å²) < 4.78 is 0. The van der Waals surface area contributed by atoms with E-state index in [0.717, 1.165) is 5.56 Å². The fraction of sp³-hybridized carbons (Fsp3) is 0.105. The highest BCUT2D eigenvalue weighted by Gasteiger charge is 2.13. The zero-order chi connectivity index (χ0) is 19.9. The molecule has 2 aromatic carbocycles. The third-order valence-electron chi connectivity index (χ3n) is 3.84. The molecule has 0 unspecified atom stereocenters. The number of aliphatic carboxylic acids is 1. The minimum absolute atomic E-state index is 0.0107. The van der Waals surface area contributed by atoms with Crippen LogP contribution in [0.25, 0.3) is 11.3 Å². The van der Waals surface area contributed by atoms with Gasteiger partial charge in [0, 0.05) is 29.8 Å². The van der Waals surface area contributed by atoms with E-state index in [4.69, 9.17) is 5.11 Å². The topological polar surface area (TPSA) is 130 Å². The van der Waals surface area contributed by atoms with E-state index in [-0.39, 0.29) is 24.7 Å². The van der Waals surface area contributed by atoms with Gasteiger partial charge in [0.05, 0.1) is 10.6 Å². The van der Waals surface area contributed by atoms with Gasteiger partial charge in [-0.25, -0.2) is 4.98 Å². The summed E-state index contributed by atoms with van der Waals surface area (Å²) in [7, 11) is 0. The maximum atomic E-state index is 11.2. The Morgan fingerprint density at radius 3 is 2.46 bits per heavy atom. The molecule has 0 saturated heterocycles. The van der Waals surface area contributed by atoms with Crippen LogP contribution in [0.3, 0.4) is 0 Å². The number of anilines is 2. The molecule has 0 aliphatic heterocycles. The van der Waals surface area contributed by atoms with Gasteiger partial charge in [0.25, 0.3) is 5.69 Å². The first-order chi connectivity index (χ1) is 13.5. The summed E-state index contributed by atoms with van der Waals surface area (Å²) in [6, 6.07) is 17.5. The first kappa shape index (κ1) is 18.8. The molecule has 1 aromatic heterocycles. The van der Waals surface area contributed by atoms with E-state index < -0.39 is 10.9 Å². The lowest BCUT2D eigenvalue weighted by Crippen LogP contribution is -2.15. The Bertz CT molecular complexity index is 995. The van der Waals surface area contributed by atoms with E-state index in [9.17, 15) is 14.9 Å². The lowest BCUT2D eigenvalue weighted by atomic mass is 10.1. The minimum Gasteiger partial charge on any atom is -0.480 e. The van der Waals surface area contributed by atoms with Gasteiger partial charge in [-0.3, -0.25) is 14.9 Å². The monoisotopic (exact) mass is 379 g/mol. The highest BCUT2D eigenvalue weighted by atomic mass is 16.6. The van der Waals surface area contributed by atoms with E-state index in [0.29, 0.717) is 17.1 Å². The van der Waals surface area contributed by atoms with Crippen LogP contribution in [-0.4, -0.2) is 32.5 Å². The molecular weight excluding hydrogens is 362 g/mol. The van der Waals surface area contributed by atoms with Crippen LogP contribution >= 0.6 is 0 Å². The van der Waals surface area contributed by atoms with Gasteiger partial charge in [-0.1, -0.05) is 48.5 Å². The number of benzene rings is 2.